The van der Waals surface area contributed by atoms with E-state index in [-0.39, 0.29) is 12.6 Å². The van der Waals surface area contributed by atoms with Crippen LogP contribution in [0.5, 0.6) is 0 Å². The van der Waals surface area contributed by atoms with Crippen LogP contribution in [-0.2, 0) is 0 Å². The molecule has 1 atom stereocenters. The maximum absolute atomic E-state index is 11.9. The maximum Gasteiger partial charge on any atom is 0.390 e. The fourth-order valence-corrected chi connectivity index (χ4v) is 1.56. The van der Waals surface area contributed by atoms with Crippen LogP contribution in [0, 0.1) is 0 Å². The van der Waals surface area contributed by atoms with E-state index in [0.29, 0.717) is 0 Å². The van der Waals surface area contributed by atoms with Crippen molar-refractivity contribution in [3.8, 4) is 0 Å². The summed E-state index contributed by atoms with van der Waals surface area (Å²) < 4.78 is 36.7. The molecular weight excluding hydrogens is 283 g/mol. The minimum absolute atomic E-state index is 0.0548. The van der Waals surface area contributed by atoms with E-state index < -0.39 is 12.6 Å². The van der Waals surface area contributed by atoms with Crippen LogP contribution in [0.1, 0.15) is 24.9 Å². The van der Waals surface area contributed by atoms with Crippen LogP contribution in [-0.4, -0.2) is 12.7 Å². The SMILES string of the molecule is C[C@H](NCCC(F)(F)F)c1ccc(Br)cc1. The zero-order valence-electron chi connectivity index (χ0n) is 8.81. The van der Waals surface area contributed by atoms with Crippen molar-refractivity contribution in [3.63, 3.8) is 0 Å². The first kappa shape index (κ1) is 13.5. The summed E-state index contributed by atoms with van der Waals surface area (Å²) in [6, 6.07) is 7.44. The van der Waals surface area contributed by atoms with Crippen molar-refractivity contribution < 1.29 is 13.2 Å². The van der Waals surface area contributed by atoms with E-state index in [1.165, 1.54) is 0 Å². The monoisotopic (exact) mass is 295 g/mol. The van der Waals surface area contributed by atoms with Crippen LogP contribution in [0.2, 0.25) is 0 Å². The second-order valence-electron chi connectivity index (χ2n) is 3.59. The summed E-state index contributed by atoms with van der Waals surface area (Å²) >= 11 is 3.30. The molecule has 1 nitrogen and oxygen atoms in total. The predicted octanol–water partition coefficient (Wildman–Crippen LogP) is 4.05. The van der Waals surface area contributed by atoms with Gasteiger partial charge in [0.15, 0.2) is 0 Å². The van der Waals surface area contributed by atoms with Crippen LogP contribution in [0.4, 0.5) is 13.2 Å². The highest BCUT2D eigenvalue weighted by Gasteiger charge is 2.26. The molecule has 0 aromatic heterocycles. The summed E-state index contributed by atoms with van der Waals surface area (Å²) in [5, 5.41) is 2.84. The lowest BCUT2D eigenvalue weighted by molar-refractivity contribution is -0.133. The number of hydrogen-bond acceptors (Lipinski definition) is 1. The molecule has 0 aliphatic rings. The minimum Gasteiger partial charge on any atom is -0.310 e. The van der Waals surface area contributed by atoms with Gasteiger partial charge >= 0.3 is 6.18 Å². The van der Waals surface area contributed by atoms with Crippen LogP contribution < -0.4 is 5.32 Å². The van der Waals surface area contributed by atoms with Crippen LogP contribution >= 0.6 is 15.9 Å². The number of alkyl halides is 3. The molecule has 90 valence electrons. The molecule has 5 heteroatoms. The summed E-state index contributed by atoms with van der Waals surface area (Å²) in [5.41, 5.74) is 0.977. The Labute approximate surface area is 101 Å². The number of rotatable bonds is 4. The lowest BCUT2D eigenvalue weighted by atomic mass is 10.1. The van der Waals surface area contributed by atoms with Crippen molar-refractivity contribution in [1.29, 1.82) is 0 Å². The molecule has 0 bridgehead atoms. The third-order valence-corrected chi connectivity index (χ3v) is 2.76. The Morgan fingerprint density at radius 1 is 1.25 bits per heavy atom. The Morgan fingerprint density at radius 2 is 1.81 bits per heavy atom. The summed E-state index contributed by atoms with van der Waals surface area (Å²) in [6.45, 7) is 1.79. The van der Waals surface area contributed by atoms with Crippen molar-refractivity contribution in [2.45, 2.75) is 25.6 Å². The van der Waals surface area contributed by atoms with E-state index >= 15 is 0 Å². The van der Waals surface area contributed by atoms with Gasteiger partial charge in [0.2, 0.25) is 0 Å². The largest absolute Gasteiger partial charge is 0.390 e. The van der Waals surface area contributed by atoms with E-state index in [4.69, 9.17) is 0 Å². The molecule has 0 aliphatic carbocycles. The summed E-state index contributed by atoms with van der Waals surface area (Å²) in [5.74, 6) is 0. The molecular formula is C11H13BrF3N. The molecule has 0 unspecified atom stereocenters. The second kappa shape index (κ2) is 5.68. The van der Waals surface area contributed by atoms with Gasteiger partial charge in [-0.25, -0.2) is 0 Å². The average molecular weight is 296 g/mol. The lowest BCUT2D eigenvalue weighted by Gasteiger charge is -2.15. The number of nitrogens with one attached hydrogen (secondary N) is 1. The van der Waals surface area contributed by atoms with Crippen LogP contribution in [0.3, 0.4) is 0 Å². The van der Waals surface area contributed by atoms with E-state index in [0.717, 1.165) is 10.0 Å². The average Bonchev–Trinajstić information content (AvgIpc) is 2.16. The van der Waals surface area contributed by atoms with Gasteiger partial charge in [-0.05, 0) is 24.6 Å². The van der Waals surface area contributed by atoms with Gasteiger partial charge in [-0.2, -0.15) is 13.2 Å². The van der Waals surface area contributed by atoms with Gasteiger partial charge in [-0.15, -0.1) is 0 Å². The quantitative estimate of drug-likeness (QED) is 0.883. The van der Waals surface area contributed by atoms with Crippen LogP contribution in [0.15, 0.2) is 28.7 Å². The first-order chi connectivity index (χ1) is 7.38. The van der Waals surface area contributed by atoms with Crippen molar-refractivity contribution in [3.05, 3.63) is 34.3 Å². The molecule has 0 saturated heterocycles. The molecule has 16 heavy (non-hydrogen) atoms. The molecule has 1 N–H and O–H groups in total. The van der Waals surface area contributed by atoms with Crippen molar-refractivity contribution in [2.24, 2.45) is 0 Å². The summed E-state index contributed by atoms with van der Waals surface area (Å²) in [6.07, 6.45) is -4.89. The van der Waals surface area contributed by atoms with Gasteiger partial charge in [-0.3, -0.25) is 0 Å². The summed E-state index contributed by atoms with van der Waals surface area (Å²) in [7, 11) is 0. The Kier molecular flexibility index (Phi) is 4.80. The minimum atomic E-state index is -4.09. The first-order valence-electron chi connectivity index (χ1n) is 4.94. The maximum atomic E-state index is 11.9. The number of halogens is 4. The molecule has 0 spiro atoms. The summed E-state index contributed by atoms with van der Waals surface area (Å²) in [4.78, 5) is 0. The molecule has 0 aliphatic heterocycles. The van der Waals surface area contributed by atoms with Gasteiger partial charge in [0.25, 0.3) is 0 Å². The zero-order valence-corrected chi connectivity index (χ0v) is 10.4. The Morgan fingerprint density at radius 3 is 2.31 bits per heavy atom. The number of benzene rings is 1. The van der Waals surface area contributed by atoms with E-state index in [1.54, 1.807) is 0 Å². The molecule has 0 heterocycles. The Balaban J connectivity index is 2.41. The molecule has 1 rings (SSSR count). The highest BCUT2D eigenvalue weighted by molar-refractivity contribution is 9.10. The van der Waals surface area contributed by atoms with Crippen LogP contribution in [0.25, 0.3) is 0 Å². The van der Waals surface area contributed by atoms with E-state index in [2.05, 4.69) is 21.2 Å². The topological polar surface area (TPSA) is 12.0 Å². The molecule has 1 aromatic rings. The molecule has 0 saturated carbocycles. The van der Waals surface area contributed by atoms with Gasteiger partial charge in [0.1, 0.15) is 0 Å². The normalized spacial score (nSPS) is 13.8. The van der Waals surface area contributed by atoms with Gasteiger partial charge < -0.3 is 5.32 Å². The van der Waals surface area contributed by atoms with Gasteiger partial charge in [0, 0.05) is 17.1 Å². The van der Waals surface area contributed by atoms with Crippen molar-refractivity contribution in [1.82, 2.24) is 5.32 Å². The molecule has 1 aromatic carbocycles. The third-order valence-electron chi connectivity index (χ3n) is 2.23. The molecule has 0 amide bonds. The predicted molar refractivity (Wildman–Crippen MR) is 61.2 cm³/mol. The smallest absolute Gasteiger partial charge is 0.310 e. The first-order valence-corrected chi connectivity index (χ1v) is 5.73. The fourth-order valence-electron chi connectivity index (χ4n) is 1.30. The standard InChI is InChI=1S/C11H13BrF3N/c1-8(16-7-6-11(13,14)15)9-2-4-10(12)5-3-9/h2-5,8,16H,6-7H2,1H3/t8-/m0/s1. The highest BCUT2D eigenvalue weighted by Crippen LogP contribution is 2.20. The second-order valence-corrected chi connectivity index (χ2v) is 4.51. The Bertz CT molecular complexity index is 321. The third kappa shape index (κ3) is 4.99. The Hall–Kier alpha value is -0.550. The molecule has 0 fully saturated rings. The van der Waals surface area contributed by atoms with Crippen molar-refractivity contribution >= 4 is 15.9 Å². The number of hydrogen-bond donors (Lipinski definition) is 1. The van der Waals surface area contributed by atoms with E-state index in [9.17, 15) is 13.2 Å². The lowest BCUT2D eigenvalue weighted by Crippen LogP contribution is -2.24. The van der Waals surface area contributed by atoms with Gasteiger partial charge in [0.05, 0.1) is 6.42 Å². The fraction of sp³-hybridized carbons (Fsp3) is 0.455. The van der Waals surface area contributed by atoms with E-state index in [1.807, 2.05) is 31.2 Å². The van der Waals surface area contributed by atoms with Crippen molar-refractivity contribution in [2.75, 3.05) is 6.54 Å². The zero-order chi connectivity index (χ0) is 12.2. The molecule has 0 radical (unpaired) electrons. The van der Waals surface area contributed by atoms with Gasteiger partial charge in [-0.1, -0.05) is 28.1 Å². The highest BCUT2D eigenvalue weighted by atomic mass is 79.9.